The van der Waals surface area contributed by atoms with E-state index in [0.29, 0.717) is 18.1 Å². The molecule has 0 aliphatic carbocycles. The molecule has 2 atom stereocenters. The molecule has 6 heteroatoms. The van der Waals surface area contributed by atoms with Gasteiger partial charge < -0.3 is 15.2 Å². The van der Waals surface area contributed by atoms with Gasteiger partial charge in [0, 0.05) is 30.2 Å². The van der Waals surface area contributed by atoms with Gasteiger partial charge in [0.1, 0.15) is 11.9 Å². The zero-order valence-electron chi connectivity index (χ0n) is 11.6. The average Bonchev–Trinajstić information content (AvgIpc) is 2.40. The molecule has 0 radical (unpaired) electrons. The van der Waals surface area contributed by atoms with Crippen LogP contribution < -0.4 is 10.5 Å². The van der Waals surface area contributed by atoms with Gasteiger partial charge in [-0.3, -0.25) is 9.69 Å². The third-order valence-corrected chi connectivity index (χ3v) is 3.68. The van der Waals surface area contributed by atoms with Crippen molar-refractivity contribution in [2.24, 2.45) is 5.73 Å². The summed E-state index contributed by atoms with van der Waals surface area (Å²) in [6, 6.07) is 5.55. The first kappa shape index (κ1) is 15.1. The van der Waals surface area contributed by atoms with Gasteiger partial charge in [-0.2, -0.15) is 0 Å². The fourth-order valence-corrected chi connectivity index (χ4v) is 2.66. The molecule has 20 heavy (non-hydrogen) atoms. The van der Waals surface area contributed by atoms with Crippen molar-refractivity contribution < 1.29 is 14.3 Å². The Hall–Kier alpha value is -1.30. The summed E-state index contributed by atoms with van der Waals surface area (Å²) in [5.41, 5.74) is 6.24. The third kappa shape index (κ3) is 3.42. The third-order valence-electron chi connectivity index (χ3n) is 3.33. The SMILES string of the molecule is COc1cccc(Cl)c1CN1CC(C(N)=O)O[C@H](C)C1. The van der Waals surface area contributed by atoms with Crippen LogP contribution in [0.1, 0.15) is 12.5 Å². The molecular formula is C14H19ClN2O3. The van der Waals surface area contributed by atoms with Crippen LogP contribution in [0.4, 0.5) is 0 Å². The van der Waals surface area contributed by atoms with Gasteiger partial charge in [0.15, 0.2) is 0 Å². The molecule has 1 aromatic carbocycles. The van der Waals surface area contributed by atoms with E-state index in [-0.39, 0.29) is 6.10 Å². The maximum absolute atomic E-state index is 11.3. The van der Waals surface area contributed by atoms with Crippen LogP contribution in [0, 0.1) is 0 Å². The molecule has 0 aromatic heterocycles. The molecule has 1 saturated heterocycles. The highest BCUT2D eigenvalue weighted by molar-refractivity contribution is 6.31. The summed E-state index contributed by atoms with van der Waals surface area (Å²) in [5.74, 6) is 0.306. The van der Waals surface area contributed by atoms with Crippen LogP contribution in [0.25, 0.3) is 0 Å². The molecule has 0 saturated carbocycles. The van der Waals surface area contributed by atoms with Crippen molar-refractivity contribution in [3.05, 3.63) is 28.8 Å². The zero-order chi connectivity index (χ0) is 14.7. The summed E-state index contributed by atoms with van der Waals surface area (Å²) < 4.78 is 10.9. The molecule has 1 aliphatic rings. The van der Waals surface area contributed by atoms with Crippen molar-refractivity contribution in [1.29, 1.82) is 0 Å². The summed E-state index contributed by atoms with van der Waals surface area (Å²) in [7, 11) is 1.61. The number of nitrogens with zero attached hydrogens (tertiary/aromatic N) is 1. The number of hydrogen-bond donors (Lipinski definition) is 1. The van der Waals surface area contributed by atoms with Gasteiger partial charge in [-0.1, -0.05) is 17.7 Å². The molecule has 110 valence electrons. The topological polar surface area (TPSA) is 64.8 Å². The number of morpholine rings is 1. The first-order valence-electron chi connectivity index (χ1n) is 6.49. The van der Waals surface area contributed by atoms with Crippen LogP contribution in [0.15, 0.2) is 18.2 Å². The van der Waals surface area contributed by atoms with Crippen LogP contribution >= 0.6 is 11.6 Å². The van der Waals surface area contributed by atoms with Gasteiger partial charge in [0.25, 0.3) is 0 Å². The van der Waals surface area contributed by atoms with Crippen LogP contribution in [-0.2, 0) is 16.1 Å². The Morgan fingerprint density at radius 1 is 1.55 bits per heavy atom. The van der Waals surface area contributed by atoms with Gasteiger partial charge >= 0.3 is 0 Å². The predicted octanol–water partition coefficient (Wildman–Crippen LogP) is 1.42. The highest BCUT2D eigenvalue weighted by atomic mass is 35.5. The van der Waals surface area contributed by atoms with Crippen molar-refractivity contribution in [3.63, 3.8) is 0 Å². The number of rotatable bonds is 4. The first-order chi connectivity index (χ1) is 9.51. The molecule has 1 amide bonds. The van der Waals surface area contributed by atoms with Gasteiger partial charge in [-0.05, 0) is 19.1 Å². The minimum Gasteiger partial charge on any atom is -0.496 e. The van der Waals surface area contributed by atoms with Crippen molar-refractivity contribution in [3.8, 4) is 5.75 Å². The normalized spacial score (nSPS) is 23.6. The van der Waals surface area contributed by atoms with Gasteiger partial charge in [-0.25, -0.2) is 0 Å². The van der Waals surface area contributed by atoms with E-state index < -0.39 is 12.0 Å². The Balaban J connectivity index is 2.15. The highest BCUT2D eigenvalue weighted by Gasteiger charge is 2.29. The van der Waals surface area contributed by atoms with E-state index in [0.717, 1.165) is 17.9 Å². The second kappa shape index (κ2) is 6.43. The highest BCUT2D eigenvalue weighted by Crippen LogP contribution is 2.28. The molecule has 2 N–H and O–H groups in total. The number of nitrogens with two attached hydrogens (primary N) is 1. The van der Waals surface area contributed by atoms with Crippen LogP contribution in [0.3, 0.4) is 0 Å². The Kier molecular flexibility index (Phi) is 4.86. The standard InChI is InChI=1S/C14H19ClN2O3/c1-9-6-17(8-13(20-9)14(16)18)7-10-11(15)4-3-5-12(10)19-2/h3-5,9,13H,6-8H2,1-2H3,(H2,16,18)/t9-,13?/m1/s1. The van der Waals surface area contributed by atoms with Crippen LogP contribution in [-0.4, -0.2) is 43.2 Å². The lowest BCUT2D eigenvalue weighted by Crippen LogP contribution is -2.51. The second-order valence-electron chi connectivity index (χ2n) is 4.95. The lowest BCUT2D eigenvalue weighted by molar-refractivity contribution is -0.142. The molecule has 1 aromatic rings. The Labute approximate surface area is 123 Å². The molecule has 1 unspecified atom stereocenters. The summed E-state index contributed by atoms with van der Waals surface area (Å²) in [4.78, 5) is 13.4. The molecule has 5 nitrogen and oxygen atoms in total. The van der Waals surface area contributed by atoms with Crippen LogP contribution in [0.5, 0.6) is 5.75 Å². The van der Waals surface area contributed by atoms with Crippen molar-refractivity contribution in [2.45, 2.75) is 25.7 Å². The first-order valence-corrected chi connectivity index (χ1v) is 6.87. The molecule has 1 fully saturated rings. The smallest absolute Gasteiger partial charge is 0.247 e. The molecule has 0 spiro atoms. The largest absolute Gasteiger partial charge is 0.496 e. The number of benzene rings is 1. The van der Waals surface area contributed by atoms with Gasteiger partial charge in [-0.15, -0.1) is 0 Å². The molecule has 1 aliphatic heterocycles. The number of ether oxygens (including phenoxy) is 2. The van der Waals surface area contributed by atoms with E-state index in [4.69, 9.17) is 26.8 Å². The number of primary amides is 1. The van der Waals surface area contributed by atoms with Crippen molar-refractivity contribution in [2.75, 3.05) is 20.2 Å². The monoisotopic (exact) mass is 298 g/mol. The van der Waals surface area contributed by atoms with E-state index in [1.807, 2.05) is 25.1 Å². The lowest BCUT2D eigenvalue weighted by atomic mass is 10.1. The van der Waals surface area contributed by atoms with E-state index in [1.54, 1.807) is 7.11 Å². The van der Waals surface area contributed by atoms with E-state index in [9.17, 15) is 4.79 Å². The number of carbonyl (C=O) groups is 1. The number of carbonyl (C=O) groups excluding carboxylic acids is 1. The number of halogens is 1. The molecular weight excluding hydrogens is 280 g/mol. The Bertz CT molecular complexity index is 495. The fourth-order valence-electron chi connectivity index (χ4n) is 2.43. The van der Waals surface area contributed by atoms with E-state index in [1.165, 1.54) is 0 Å². The second-order valence-corrected chi connectivity index (χ2v) is 5.36. The average molecular weight is 299 g/mol. The maximum Gasteiger partial charge on any atom is 0.247 e. The zero-order valence-corrected chi connectivity index (χ0v) is 12.4. The van der Waals surface area contributed by atoms with Crippen molar-refractivity contribution >= 4 is 17.5 Å². The summed E-state index contributed by atoms with van der Waals surface area (Å²) in [6.07, 6.45) is -0.623. The summed E-state index contributed by atoms with van der Waals surface area (Å²) in [5, 5.41) is 0.652. The summed E-state index contributed by atoms with van der Waals surface area (Å²) in [6.45, 7) is 3.71. The molecule has 0 bridgehead atoms. The maximum atomic E-state index is 11.3. The Morgan fingerprint density at radius 2 is 2.30 bits per heavy atom. The van der Waals surface area contributed by atoms with E-state index >= 15 is 0 Å². The van der Waals surface area contributed by atoms with Crippen LogP contribution in [0.2, 0.25) is 5.02 Å². The van der Waals surface area contributed by atoms with E-state index in [2.05, 4.69) is 4.90 Å². The fraction of sp³-hybridized carbons (Fsp3) is 0.500. The number of hydrogen-bond acceptors (Lipinski definition) is 4. The van der Waals surface area contributed by atoms with Gasteiger partial charge in [0.2, 0.25) is 5.91 Å². The summed E-state index contributed by atoms with van der Waals surface area (Å²) >= 11 is 6.23. The predicted molar refractivity (Wildman–Crippen MR) is 76.8 cm³/mol. The number of amides is 1. The number of methoxy groups -OCH3 is 1. The van der Waals surface area contributed by atoms with Gasteiger partial charge in [0.05, 0.1) is 13.2 Å². The lowest BCUT2D eigenvalue weighted by Gasteiger charge is -2.35. The Morgan fingerprint density at radius 3 is 2.95 bits per heavy atom. The molecule has 1 heterocycles. The van der Waals surface area contributed by atoms with Crippen molar-refractivity contribution in [1.82, 2.24) is 4.90 Å². The minimum atomic E-state index is -0.577. The minimum absolute atomic E-state index is 0.0465. The quantitative estimate of drug-likeness (QED) is 0.913. The molecule has 2 rings (SSSR count).